The third kappa shape index (κ3) is 4.51. The highest BCUT2D eigenvalue weighted by Gasteiger charge is 2.30. The Morgan fingerprint density at radius 2 is 1.78 bits per heavy atom. The molecule has 1 aliphatic heterocycles. The fourth-order valence-corrected chi connectivity index (χ4v) is 5.10. The molecule has 0 aromatic heterocycles. The summed E-state index contributed by atoms with van der Waals surface area (Å²) in [6.45, 7) is 1.32. The lowest BCUT2D eigenvalue weighted by atomic mass is 10.1. The van der Waals surface area contributed by atoms with E-state index in [-0.39, 0.29) is 30.3 Å². The molecular weight excluding hydrogens is 432 g/mol. The van der Waals surface area contributed by atoms with Crippen LogP contribution in [0.25, 0.3) is 0 Å². The van der Waals surface area contributed by atoms with Gasteiger partial charge in [0.2, 0.25) is 15.9 Å². The lowest BCUT2D eigenvalue weighted by molar-refractivity contribution is -0.131. The number of piperazine rings is 1. The Bertz CT molecular complexity index is 925. The highest BCUT2D eigenvalue weighted by Crippen LogP contribution is 2.22. The Balaban J connectivity index is 1.64. The van der Waals surface area contributed by atoms with E-state index in [0.717, 1.165) is 5.56 Å². The van der Waals surface area contributed by atoms with Gasteiger partial charge in [0.25, 0.3) is 0 Å². The van der Waals surface area contributed by atoms with Crippen molar-refractivity contribution in [2.24, 2.45) is 0 Å². The fraction of sp³-hybridized carbons (Fsp3) is 0.316. The van der Waals surface area contributed by atoms with E-state index in [1.165, 1.54) is 4.31 Å². The van der Waals surface area contributed by atoms with Crippen LogP contribution >= 0.6 is 15.9 Å². The second-order valence-corrected chi connectivity index (χ2v) is 9.08. The van der Waals surface area contributed by atoms with Gasteiger partial charge in [0.1, 0.15) is 5.75 Å². The van der Waals surface area contributed by atoms with Crippen molar-refractivity contribution in [2.45, 2.75) is 11.3 Å². The van der Waals surface area contributed by atoms with E-state index >= 15 is 0 Å². The van der Waals surface area contributed by atoms with Crippen LogP contribution in [0.2, 0.25) is 0 Å². The Labute approximate surface area is 167 Å². The maximum absolute atomic E-state index is 12.8. The number of hydrogen-bond donors (Lipinski definition) is 0. The Hall–Kier alpha value is -1.90. The lowest BCUT2D eigenvalue weighted by Gasteiger charge is -2.34. The number of rotatable bonds is 5. The van der Waals surface area contributed by atoms with Gasteiger partial charge < -0.3 is 9.64 Å². The van der Waals surface area contributed by atoms with Crippen LogP contribution in [0.1, 0.15) is 5.56 Å². The smallest absolute Gasteiger partial charge is 0.243 e. The Morgan fingerprint density at radius 1 is 1.07 bits per heavy atom. The Kier molecular flexibility index (Phi) is 6.18. The molecule has 1 fully saturated rings. The highest BCUT2D eigenvalue weighted by atomic mass is 79.9. The van der Waals surface area contributed by atoms with Gasteiger partial charge in [-0.15, -0.1) is 0 Å². The SMILES string of the molecule is COc1ccccc1CC(=O)N1CCN(S(=O)(=O)c2cccc(Br)c2)CC1. The van der Waals surface area contributed by atoms with Crippen molar-refractivity contribution < 1.29 is 17.9 Å². The molecule has 0 atom stereocenters. The molecule has 1 amide bonds. The molecule has 144 valence electrons. The number of ether oxygens (including phenoxy) is 1. The summed E-state index contributed by atoms with van der Waals surface area (Å²) >= 11 is 3.30. The fourth-order valence-electron chi connectivity index (χ4n) is 3.08. The van der Waals surface area contributed by atoms with Crippen LogP contribution < -0.4 is 4.74 Å². The summed E-state index contributed by atoms with van der Waals surface area (Å²) in [5, 5.41) is 0. The van der Waals surface area contributed by atoms with Crippen molar-refractivity contribution >= 4 is 31.9 Å². The summed E-state index contributed by atoms with van der Waals surface area (Å²) in [4.78, 5) is 14.6. The maximum atomic E-state index is 12.8. The van der Waals surface area contributed by atoms with Gasteiger partial charge in [-0.2, -0.15) is 4.31 Å². The summed E-state index contributed by atoms with van der Waals surface area (Å²) in [5.74, 6) is 0.653. The topological polar surface area (TPSA) is 66.9 Å². The maximum Gasteiger partial charge on any atom is 0.243 e. The summed E-state index contributed by atoms with van der Waals surface area (Å²) in [7, 11) is -1.98. The predicted octanol–water partition coefficient (Wildman–Crippen LogP) is 2.53. The quantitative estimate of drug-likeness (QED) is 0.698. The molecule has 1 heterocycles. The number of halogens is 1. The number of sulfonamides is 1. The van der Waals surface area contributed by atoms with Crippen molar-refractivity contribution in [3.63, 3.8) is 0 Å². The average Bonchev–Trinajstić information content (AvgIpc) is 2.68. The number of hydrogen-bond acceptors (Lipinski definition) is 4. The molecule has 6 nitrogen and oxygen atoms in total. The van der Waals surface area contributed by atoms with Crippen molar-refractivity contribution in [3.05, 3.63) is 58.6 Å². The minimum Gasteiger partial charge on any atom is -0.496 e. The second-order valence-electron chi connectivity index (χ2n) is 6.23. The second kappa shape index (κ2) is 8.41. The number of methoxy groups -OCH3 is 1. The van der Waals surface area contributed by atoms with E-state index < -0.39 is 10.0 Å². The van der Waals surface area contributed by atoms with Crippen LogP contribution in [0.4, 0.5) is 0 Å². The first-order valence-corrected chi connectivity index (χ1v) is 10.8. The van der Waals surface area contributed by atoms with E-state index in [1.807, 2.05) is 24.3 Å². The minimum absolute atomic E-state index is 0.0287. The molecule has 3 rings (SSSR count). The van der Waals surface area contributed by atoms with E-state index in [9.17, 15) is 13.2 Å². The molecule has 0 spiro atoms. The zero-order valence-corrected chi connectivity index (χ0v) is 17.4. The zero-order valence-electron chi connectivity index (χ0n) is 15.0. The molecule has 1 saturated heterocycles. The van der Waals surface area contributed by atoms with Crippen molar-refractivity contribution in [1.82, 2.24) is 9.21 Å². The number of carbonyl (C=O) groups is 1. The molecule has 0 aliphatic carbocycles. The van der Waals surface area contributed by atoms with Crippen LogP contribution in [-0.4, -0.2) is 56.8 Å². The molecule has 2 aromatic rings. The molecule has 1 aliphatic rings. The van der Waals surface area contributed by atoms with Gasteiger partial charge in [0.15, 0.2) is 0 Å². The van der Waals surface area contributed by atoms with Gasteiger partial charge in [-0.3, -0.25) is 4.79 Å². The molecule has 0 N–H and O–H groups in total. The molecule has 0 bridgehead atoms. The summed E-state index contributed by atoms with van der Waals surface area (Å²) in [5.41, 5.74) is 0.828. The summed E-state index contributed by atoms with van der Waals surface area (Å²) < 4.78 is 33.0. The number of nitrogens with zero attached hydrogens (tertiary/aromatic N) is 2. The van der Waals surface area contributed by atoms with E-state index in [2.05, 4.69) is 15.9 Å². The number of amides is 1. The third-order valence-electron chi connectivity index (χ3n) is 4.56. The van der Waals surface area contributed by atoms with Gasteiger partial charge in [0, 0.05) is 36.2 Å². The summed E-state index contributed by atoms with van der Waals surface area (Å²) in [6, 6.07) is 14.1. The first-order valence-electron chi connectivity index (χ1n) is 8.57. The van der Waals surface area contributed by atoms with Crippen LogP contribution in [0, 0.1) is 0 Å². The van der Waals surface area contributed by atoms with Crippen molar-refractivity contribution in [2.75, 3.05) is 33.3 Å². The van der Waals surface area contributed by atoms with Crippen molar-refractivity contribution in [3.8, 4) is 5.75 Å². The molecular formula is C19H21BrN2O4S. The molecule has 0 saturated carbocycles. The van der Waals surface area contributed by atoms with Gasteiger partial charge in [-0.1, -0.05) is 40.2 Å². The monoisotopic (exact) mass is 452 g/mol. The molecule has 27 heavy (non-hydrogen) atoms. The highest BCUT2D eigenvalue weighted by molar-refractivity contribution is 9.10. The Morgan fingerprint density at radius 3 is 2.44 bits per heavy atom. The van der Waals surface area contributed by atoms with Crippen molar-refractivity contribution in [1.29, 1.82) is 0 Å². The minimum atomic E-state index is -3.56. The normalized spacial score (nSPS) is 15.6. The van der Waals surface area contributed by atoms with Gasteiger partial charge in [-0.05, 0) is 24.3 Å². The van der Waals surface area contributed by atoms with E-state index in [4.69, 9.17) is 4.74 Å². The van der Waals surface area contributed by atoms with Crippen LogP contribution in [-0.2, 0) is 21.2 Å². The van der Waals surface area contributed by atoms with Crippen LogP contribution in [0.3, 0.4) is 0 Å². The first kappa shape index (κ1) is 19.9. The summed E-state index contributed by atoms with van der Waals surface area (Å²) in [6.07, 6.45) is 0.238. The van der Waals surface area contributed by atoms with E-state index in [0.29, 0.717) is 23.3 Å². The van der Waals surface area contributed by atoms with Crippen LogP contribution in [0.15, 0.2) is 57.9 Å². The number of carbonyl (C=O) groups excluding carboxylic acids is 1. The van der Waals surface area contributed by atoms with Gasteiger partial charge >= 0.3 is 0 Å². The standard InChI is InChI=1S/C19H21BrN2O4S/c1-26-18-8-3-2-5-15(18)13-19(23)21-9-11-22(12-10-21)27(24,25)17-7-4-6-16(20)14-17/h2-8,14H,9-13H2,1H3. The third-order valence-corrected chi connectivity index (χ3v) is 6.95. The van der Waals surface area contributed by atoms with Gasteiger partial charge in [-0.25, -0.2) is 8.42 Å². The number of para-hydroxylation sites is 1. The van der Waals surface area contributed by atoms with Gasteiger partial charge in [0.05, 0.1) is 18.4 Å². The van der Waals surface area contributed by atoms with E-state index in [1.54, 1.807) is 36.3 Å². The molecule has 0 unspecified atom stereocenters. The molecule has 8 heteroatoms. The van der Waals surface area contributed by atoms with Crippen LogP contribution in [0.5, 0.6) is 5.75 Å². The largest absolute Gasteiger partial charge is 0.496 e. The molecule has 0 radical (unpaired) electrons. The lowest BCUT2D eigenvalue weighted by Crippen LogP contribution is -2.50. The molecule has 2 aromatic carbocycles. The first-order chi connectivity index (χ1) is 12.9. The zero-order chi connectivity index (χ0) is 19.4. The average molecular weight is 453 g/mol. The number of benzene rings is 2. The predicted molar refractivity (Wildman–Crippen MR) is 106 cm³/mol.